The fourth-order valence-corrected chi connectivity index (χ4v) is 2.51. The van der Waals surface area contributed by atoms with E-state index in [4.69, 9.17) is 4.52 Å². The highest BCUT2D eigenvalue weighted by molar-refractivity contribution is 6.05. The number of rotatable bonds is 5. The molecule has 1 N–H and O–H groups in total. The highest BCUT2D eigenvalue weighted by Gasteiger charge is 2.39. The highest BCUT2D eigenvalue weighted by atomic mass is 16.5. The molecule has 1 aromatic heterocycles. The third-order valence-electron chi connectivity index (χ3n) is 3.81. The van der Waals surface area contributed by atoms with E-state index in [1.165, 1.54) is 0 Å². The van der Waals surface area contributed by atoms with Gasteiger partial charge in [0.25, 0.3) is 0 Å². The standard InChI is InChI=1S/C17H19N3O2/c1-10(2)17-19-13(20-22-17)9-18-16(21)15-11(3)14(15)12-7-5-4-6-8-12/h4-8,10,15H,9H2,1-3H3,(H,18,21). The first-order valence-electron chi connectivity index (χ1n) is 7.44. The number of benzene rings is 1. The van der Waals surface area contributed by atoms with Gasteiger partial charge in [0.15, 0.2) is 5.82 Å². The van der Waals surface area contributed by atoms with Crippen LogP contribution in [0.2, 0.25) is 0 Å². The number of nitrogens with one attached hydrogen (secondary N) is 1. The van der Waals surface area contributed by atoms with Gasteiger partial charge in [-0.05, 0) is 18.1 Å². The van der Waals surface area contributed by atoms with Gasteiger partial charge in [0.1, 0.15) is 0 Å². The molecule has 2 aromatic rings. The summed E-state index contributed by atoms with van der Waals surface area (Å²) in [5, 5.41) is 6.75. The Hall–Kier alpha value is -2.43. The van der Waals surface area contributed by atoms with Crippen LogP contribution in [0.15, 0.2) is 40.4 Å². The molecule has 1 amide bonds. The minimum Gasteiger partial charge on any atom is -0.348 e. The van der Waals surface area contributed by atoms with Crippen molar-refractivity contribution in [3.05, 3.63) is 53.2 Å². The van der Waals surface area contributed by atoms with E-state index in [1.54, 1.807) is 0 Å². The molecule has 1 unspecified atom stereocenters. The monoisotopic (exact) mass is 297 g/mol. The van der Waals surface area contributed by atoms with Crippen LogP contribution < -0.4 is 5.32 Å². The van der Waals surface area contributed by atoms with Crippen LogP contribution in [0.3, 0.4) is 0 Å². The number of amides is 1. The number of hydrogen-bond acceptors (Lipinski definition) is 4. The van der Waals surface area contributed by atoms with Gasteiger partial charge in [-0.1, -0.05) is 54.9 Å². The minimum atomic E-state index is -0.126. The molecule has 1 heterocycles. The van der Waals surface area contributed by atoms with Crippen molar-refractivity contribution in [3.8, 4) is 0 Å². The Bertz CT molecular complexity index is 717. The molecule has 0 spiro atoms. The summed E-state index contributed by atoms with van der Waals surface area (Å²) < 4.78 is 5.12. The molecule has 22 heavy (non-hydrogen) atoms. The largest absolute Gasteiger partial charge is 0.348 e. The fraction of sp³-hybridized carbons (Fsp3) is 0.353. The second-order valence-corrected chi connectivity index (χ2v) is 5.82. The SMILES string of the molecule is CC1=C(c2ccccc2)C1C(=O)NCc1noc(C(C)C)n1. The van der Waals surface area contributed by atoms with Crippen LogP contribution in [0.25, 0.3) is 5.57 Å². The summed E-state index contributed by atoms with van der Waals surface area (Å²) in [5.74, 6) is 1.16. The van der Waals surface area contributed by atoms with Gasteiger partial charge in [-0.25, -0.2) is 0 Å². The lowest BCUT2D eigenvalue weighted by atomic mass is 10.1. The summed E-state index contributed by atoms with van der Waals surface area (Å²) in [6.07, 6.45) is 0. The van der Waals surface area contributed by atoms with E-state index in [1.807, 2.05) is 51.1 Å². The van der Waals surface area contributed by atoms with Crippen molar-refractivity contribution in [2.45, 2.75) is 33.2 Å². The van der Waals surface area contributed by atoms with Gasteiger partial charge < -0.3 is 9.84 Å². The van der Waals surface area contributed by atoms with E-state index in [2.05, 4.69) is 15.5 Å². The maximum atomic E-state index is 12.3. The summed E-state index contributed by atoms with van der Waals surface area (Å²) in [6, 6.07) is 9.99. The van der Waals surface area contributed by atoms with E-state index < -0.39 is 0 Å². The molecule has 0 saturated carbocycles. The van der Waals surface area contributed by atoms with Crippen molar-refractivity contribution in [1.82, 2.24) is 15.5 Å². The Labute approximate surface area is 129 Å². The van der Waals surface area contributed by atoms with Gasteiger partial charge in [0, 0.05) is 5.92 Å². The lowest BCUT2D eigenvalue weighted by Gasteiger charge is -2.03. The first kappa shape index (κ1) is 14.5. The fourth-order valence-electron chi connectivity index (χ4n) is 2.51. The van der Waals surface area contributed by atoms with Gasteiger partial charge in [-0.15, -0.1) is 0 Å². The summed E-state index contributed by atoms with van der Waals surface area (Å²) in [6.45, 7) is 6.26. The number of carbonyl (C=O) groups excluding carboxylic acids is 1. The van der Waals surface area contributed by atoms with Crippen molar-refractivity contribution < 1.29 is 9.32 Å². The van der Waals surface area contributed by atoms with Crippen LogP contribution in [-0.2, 0) is 11.3 Å². The van der Waals surface area contributed by atoms with E-state index >= 15 is 0 Å². The maximum Gasteiger partial charge on any atom is 0.232 e. The zero-order valence-corrected chi connectivity index (χ0v) is 13.0. The Morgan fingerprint density at radius 1 is 1.32 bits per heavy atom. The maximum absolute atomic E-state index is 12.3. The third-order valence-corrected chi connectivity index (χ3v) is 3.81. The summed E-state index contributed by atoms with van der Waals surface area (Å²) in [7, 11) is 0. The van der Waals surface area contributed by atoms with Crippen molar-refractivity contribution in [2.75, 3.05) is 0 Å². The lowest BCUT2D eigenvalue weighted by molar-refractivity contribution is -0.121. The summed E-state index contributed by atoms with van der Waals surface area (Å²) >= 11 is 0. The molecule has 3 rings (SSSR count). The predicted molar refractivity (Wildman–Crippen MR) is 82.8 cm³/mol. The van der Waals surface area contributed by atoms with Gasteiger partial charge in [0.05, 0.1) is 12.5 Å². The van der Waals surface area contributed by atoms with Gasteiger partial charge >= 0.3 is 0 Å². The number of hydrogen-bond donors (Lipinski definition) is 1. The Kier molecular flexibility index (Phi) is 3.79. The van der Waals surface area contributed by atoms with E-state index in [0.717, 1.165) is 16.7 Å². The Balaban J connectivity index is 1.57. The average molecular weight is 297 g/mol. The van der Waals surface area contributed by atoms with Crippen molar-refractivity contribution in [2.24, 2.45) is 5.92 Å². The Morgan fingerprint density at radius 2 is 2.05 bits per heavy atom. The van der Waals surface area contributed by atoms with Crippen molar-refractivity contribution in [1.29, 1.82) is 0 Å². The third kappa shape index (κ3) is 2.79. The Morgan fingerprint density at radius 3 is 2.68 bits per heavy atom. The molecule has 0 saturated heterocycles. The topological polar surface area (TPSA) is 68.0 Å². The van der Waals surface area contributed by atoms with E-state index in [-0.39, 0.29) is 17.7 Å². The van der Waals surface area contributed by atoms with Gasteiger partial charge in [-0.2, -0.15) is 4.98 Å². The molecule has 5 heteroatoms. The van der Waals surface area contributed by atoms with Crippen LogP contribution >= 0.6 is 0 Å². The van der Waals surface area contributed by atoms with Crippen LogP contribution in [0.5, 0.6) is 0 Å². The average Bonchev–Trinajstić information content (AvgIpc) is 2.97. The minimum absolute atomic E-state index is 0.00718. The van der Waals surface area contributed by atoms with E-state index in [0.29, 0.717) is 18.3 Å². The normalized spacial score (nSPS) is 17.0. The van der Waals surface area contributed by atoms with Crippen molar-refractivity contribution >= 4 is 11.5 Å². The predicted octanol–water partition coefficient (Wildman–Crippen LogP) is 2.91. The zero-order chi connectivity index (χ0) is 15.7. The molecular weight excluding hydrogens is 278 g/mol. The first-order valence-corrected chi connectivity index (χ1v) is 7.44. The quantitative estimate of drug-likeness (QED) is 0.921. The van der Waals surface area contributed by atoms with E-state index in [9.17, 15) is 4.79 Å². The number of aromatic nitrogens is 2. The second kappa shape index (κ2) is 5.75. The molecule has 0 aliphatic heterocycles. The molecule has 1 aromatic carbocycles. The van der Waals surface area contributed by atoms with Crippen LogP contribution in [0, 0.1) is 5.92 Å². The number of carbonyl (C=O) groups is 1. The summed E-state index contributed by atoms with van der Waals surface area (Å²) in [4.78, 5) is 16.5. The van der Waals surface area contributed by atoms with Crippen LogP contribution in [0.1, 0.15) is 44.0 Å². The molecule has 0 radical (unpaired) electrons. The van der Waals surface area contributed by atoms with Crippen LogP contribution in [-0.4, -0.2) is 16.0 Å². The zero-order valence-electron chi connectivity index (χ0n) is 13.0. The number of nitrogens with zero attached hydrogens (tertiary/aromatic N) is 2. The first-order chi connectivity index (χ1) is 10.6. The molecule has 1 atom stereocenters. The second-order valence-electron chi connectivity index (χ2n) is 5.82. The summed E-state index contributed by atoms with van der Waals surface area (Å²) in [5.41, 5.74) is 3.36. The molecule has 0 fully saturated rings. The molecule has 5 nitrogen and oxygen atoms in total. The van der Waals surface area contributed by atoms with Crippen molar-refractivity contribution in [3.63, 3.8) is 0 Å². The molecule has 1 aliphatic rings. The van der Waals surface area contributed by atoms with Gasteiger partial charge in [0.2, 0.25) is 11.8 Å². The smallest absolute Gasteiger partial charge is 0.232 e. The lowest BCUT2D eigenvalue weighted by Crippen LogP contribution is -2.26. The molecular formula is C17H19N3O2. The molecule has 0 bridgehead atoms. The molecule has 1 aliphatic carbocycles. The van der Waals surface area contributed by atoms with Crippen LogP contribution in [0.4, 0.5) is 0 Å². The highest BCUT2D eigenvalue weighted by Crippen LogP contribution is 2.46. The van der Waals surface area contributed by atoms with Gasteiger partial charge in [-0.3, -0.25) is 4.79 Å². The molecule has 114 valence electrons.